The van der Waals surface area contributed by atoms with E-state index in [0.29, 0.717) is 16.4 Å². The molecule has 1 unspecified atom stereocenters. The summed E-state index contributed by atoms with van der Waals surface area (Å²) in [6.45, 7) is 3.19. The predicted molar refractivity (Wildman–Crippen MR) is 94.8 cm³/mol. The maximum absolute atomic E-state index is 13.5. The van der Waals surface area contributed by atoms with E-state index < -0.39 is 23.7 Å². The first-order valence-corrected chi connectivity index (χ1v) is 8.05. The van der Waals surface area contributed by atoms with Gasteiger partial charge >= 0.3 is 0 Å². The van der Waals surface area contributed by atoms with E-state index in [1.165, 1.54) is 42.0 Å². The normalized spacial score (nSPS) is 12.0. The van der Waals surface area contributed by atoms with Gasteiger partial charge in [-0.3, -0.25) is 25.1 Å². The Hall–Kier alpha value is -2.87. The lowest BCUT2D eigenvalue weighted by Gasteiger charge is -2.15. The average Bonchev–Trinajstić information content (AvgIpc) is 2.85. The second-order valence-electron chi connectivity index (χ2n) is 5.42. The Bertz CT molecular complexity index is 851. The molecule has 7 nitrogen and oxygen atoms in total. The molecule has 0 saturated carbocycles. The quantitative estimate of drug-likeness (QED) is 0.615. The summed E-state index contributed by atoms with van der Waals surface area (Å²) in [5.74, 6) is -1.84. The van der Waals surface area contributed by atoms with Gasteiger partial charge in [-0.25, -0.2) is 4.39 Å². The zero-order valence-electron chi connectivity index (χ0n) is 14.4. The summed E-state index contributed by atoms with van der Waals surface area (Å²) in [5, 5.41) is 4.51. The molecule has 0 aliphatic heterocycles. The van der Waals surface area contributed by atoms with E-state index in [1.54, 1.807) is 20.0 Å². The molecule has 2 rings (SSSR count). The van der Waals surface area contributed by atoms with Crippen molar-refractivity contribution in [1.29, 1.82) is 0 Å². The first-order valence-electron chi connectivity index (χ1n) is 7.67. The minimum absolute atomic E-state index is 0.0527. The number of hydrazine groups is 1. The second kappa shape index (κ2) is 8.48. The van der Waals surface area contributed by atoms with E-state index in [-0.39, 0.29) is 5.75 Å². The molecule has 1 aromatic carbocycles. The third-order valence-corrected chi connectivity index (χ3v) is 3.86. The maximum atomic E-state index is 13.5. The molecule has 2 aromatic rings. The van der Waals surface area contributed by atoms with Gasteiger partial charge in [0.05, 0.1) is 5.69 Å². The Labute approximate surface area is 154 Å². The first kappa shape index (κ1) is 19.5. The molecule has 138 valence electrons. The lowest BCUT2D eigenvalue weighted by molar-refractivity contribution is -0.131. The Morgan fingerprint density at radius 1 is 1.35 bits per heavy atom. The number of rotatable bonds is 5. The minimum atomic E-state index is -1.01. The summed E-state index contributed by atoms with van der Waals surface area (Å²) in [7, 11) is 1.68. The molecule has 0 bridgehead atoms. The van der Waals surface area contributed by atoms with E-state index in [1.807, 2.05) is 0 Å². The van der Waals surface area contributed by atoms with Crippen molar-refractivity contribution in [3.8, 4) is 5.75 Å². The number of hydrogen-bond acceptors (Lipinski definition) is 4. The highest BCUT2D eigenvalue weighted by Crippen LogP contribution is 2.20. The van der Waals surface area contributed by atoms with E-state index in [2.05, 4.69) is 16.0 Å². The van der Waals surface area contributed by atoms with E-state index in [9.17, 15) is 14.0 Å². The Kier molecular flexibility index (Phi) is 6.35. The fourth-order valence-electron chi connectivity index (χ4n) is 2.05. The third kappa shape index (κ3) is 4.82. The third-order valence-electron chi connectivity index (χ3n) is 3.42. The van der Waals surface area contributed by atoms with Crippen LogP contribution in [0.3, 0.4) is 0 Å². The molecule has 2 N–H and O–H groups in total. The van der Waals surface area contributed by atoms with Gasteiger partial charge in [-0.15, -0.1) is 0 Å². The number of amides is 2. The van der Waals surface area contributed by atoms with Gasteiger partial charge in [0.25, 0.3) is 11.8 Å². The van der Waals surface area contributed by atoms with E-state index in [4.69, 9.17) is 16.3 Å². The van der Waals surface area contributed by atoms with Crippen LogP contribution < -0.4 is 15.6 Å². The fraction of sp³-hybridized carbons (Fsp3) is 0.235. The highest BCUT2D eigenvalue weighted by atomic mass is 35.5. The van der Waals surface area contributed by atoms with Crippen molar-refractivity contribution in [2.75, 3.05) is 0 Å². The molecule has 26 heavy (non-hydrogen) atoms. The van der Waals surface area contributed by atoms with Gasteiger partial charge in [0.2, 0.25) is 0 Å². The number of benzene rings is 1. The SMILES string of the molecule is Cc1nn(C)c(Cl)c1/C=C/C(=O)NNC(=O)C(C)Oc1ccccc1F. The lowest BCUT2D eigenvalue weighted by atomic mass is 10.2. The molecule has 0 spiro atoms. The number of nitrogens with one attached hydrogen (secondary N) is 2. The highest BCUT2D eigenvalue weighted by Gasteiger charge is 2.16. The van der Waals surface area contributed by atoms with Crippen LogP contribution >= 0.6 is 11.6 Å². The number of aryl methyl sites for hydroxylation is 2. The summed E-state index contributed by atoms with van der Waals surface area (Å²) in [4.78, 5) is 23.7. The average molecular weight is 381 g/mol. The van der Waals surface area contributed by atoms with Crippen LogP contribution in [0, 0.1) is 12.7 Å². The van der Waals surface area contributed by atoms with Crippen LogP contribution in [0.15, 0.2) is 30.3 Å². The van der Waals surface area contributed by atoms with Gasteiger partial charge in [0.1, 0.15) is 5.15 Å². The summed E-state index contributed by atoms with van der Waals surface area (Å²) in [5.41, 5.74) is 5.68. The number of para-hydroxylation sites is 1. The van der Waals surface area contributed by atoms with Crippen molar-refractivity contribution in [3.05, 3.63) is 52.6 Å². The first-order chi connectivity index (χ1) is 12.3. The van der Waals surface area contributed by atoms with Crippen LogP contribution in [0.2, 0.25) is 5.15 Å². The summed E-state index contributed by atoms with van der Waals surface area (Å²) >= 11 is 6.06. The molecule has 0 fully saturated rings. The number of aromatic nitrogens is 2. The Morgan fingerprint density at radius 3 is 2.65 bits per heavy atom. The van der Waals surface area contributed by atoms with Crippen molar-refractivity contribution in [2.45, 2.75) is 20.0 Å². The van der Waals surface area contributed by atoms with Crippen LogP contribution in [0.4, 0.5) is 4.39 Å². The fourth-order valence-corrected chi connectivity index (χ4v) is 2.28. The minimum Gasteiger partial charge on any atom is -0.478 e. The standard InChI is InChI=1S/C17H18ClFN4O3/c1-10-12(16(18)23(3)22-10)8-9-15(24)20-21-17(25)11(2)26-14-7-5-4-6-13(14)19/h4-9,11H,1-3H3,(H,20,24)(H,21,25)/b9-8+. The van der Waals surface area contributed by atoms with Crippen LogP contribution in [0.25, 0.3) is 6.08 Å². The second-order valence-corrected chi connectivity index (χ2v) is 5.77. The predicted octanol–water partition coefficient (Wildman–Crippen LogP) is 2.15. The summed E-state index contributed by atoms with van der Waals surface area (Å²) in [6.07, 6.45) is 1.69. The number of carbonyl (C=O) groups is 2. The molecule has 1 aromatic heterocycles. The zero-order chi connectivity index (χ0) is 19.3. The number of ether oxygens (including phenoxy) is 1. The van der Waals surface area contributed by atoms with Gasteiger partial charge in [-0.1, -0.05) is 23.7 Å². The Morgan fingerprint density at radius 2 is 2.04 bits per heavy atom. The van der Waals surface area contributed by atoms with Gasteiger partial charge in [-0.2, -0.15) is 5.10 Å². The molecular weight excluding hydrogens is 363 g/mol. The van der Waals surface area contributed by atoms with Crippen molar-refractivity contribution in [1.82, 2.24) is 20.6 Å². The number of carbonyl (C=O) groups excluding carboxylic acids is 2. The van der Waals surface area contributed by atoms with Crippen molar-refractivity contribution in [3.63, 3.8) is 0 Å². The molecule has 2 amide bonds. The molecule has 0 radical (unpaired) electrons. The van der Waals surface area contributed by atoms with Gasteiger partial charge in [0.15, 0.2) is 17.7 Å². The zero-order valence-corrected chi connectivity index (χ0v) is 15.2. The topological polar surface area (TPSA) is 85.3 Å². The van der Waals surface area contributed by atoms with Gasteiger partial charge in [-0.05, 0) is 32.1 Å². The van der Waals surface area contributed by atoms with Crippen LogP contribution in [-0.4, -0.2) is 27.7 Å². The molecular formula is C17H18ClFN4O3. The number of halogens is 2. The number of nitrogens with zero attached hydrogens (tertiary/aromatic N) is 2. The Balaban J connectivity index is 1.87. The summed E-state index contributed by atoms with van der Waals surface area (Å²) < 4.78 is 20.2. The molecule has 9 heteroatoms. The largest absolute Gasteiger partial charge is 0.478 e. The maximum Gasteiger partial charge on any atom is 0.279 e. The van der Waals surface area contributed by atoms with Gasteiger partial charge in [0, 0.05) is 18.7 Å². The molecule has 0 saturated heterocycles. The van der Waals surface area contributed by atoms with Crippen molar-refractivity contribution >= 4 is 29.5 Å². The summed E-state index contributed by atoms with van der Waals surface area (Å²) in [6, 6.07) is 5.72. The van der Waals surface area contributed by atoms with Crippen LogP contribution in [0.1, 0.15) is 18.2 Å². The monoisotopic (exact) mass is 380 g/mol. The lowest BCUT2D eigenvalue weighted by Crippen LogP contribution is -2.46. The van der Waals surface area contributed by atoms with E-state index in [0.717, 1.165) is 0 Å². The smallest absolute Gasteiger partial charge is 0.279 e. The van der Waals surface area contributed by atoms with Crippen molar-refractivity contribution in [2.24, 2.45) is 7.05 Å². The van der Waals surface area contributed by atoms with Crippen molar-refractivity contribution < 1.29 is 18.7 Å². The van der Waals surface area contributed by atoms with Gasteiger partial charge < -0.3 is 4.74 Å². The van der Waals surface area contributed by atoms with Crippen LogP contribution in [-0.2, 0) is 16.6 Å². The highest BCUT2D eigenvalue weighted by molar-refractivity contribution is 6.31. The number of hydrogen-bond donors (Lipinski definition) is 2. The molecule has 1 atom stereocenters. The molecule has 0 aliphatic carbocycles. The van der Waals surface area contributed by atoms with Crippen LogP contribution in [0.5, 0.6) is 5.75 Å². The molecule has 0 aliphatic rings. The molecule has 1 heterocycles. The van der Waals surface area contributed by atoms with E-state index >= 15 is 0 Å².